The molecule has 0 bridgehead atoms. The van der Waals surface area contributed by atoms with Crippen molar-refractivity contribution in [3.05, 3.63) is 33.9 Å². The van der Waals surface area contributed by atoms with Crippen LogP contribution in [-0.2, 0) is 11.2 Å². The zero-order valence-electron chi connectivity index (χ0n) is 8.67. The van der Waals surface area contributed by atoms with Crippen LogP contribution in [0, 0.1) is 10.1 Å². The van der Waals surface area contributed by atoms with Crippen LogP contribution < -0.4 is 4.74 Å². The fourth-order valence-corrected chi connectivity index (χ4v) is 1.29. The normalized spacial score (nSPS) is 9.81. The number of nitrogens with zero attached hydrogens (tertiary/aromatic N) is 1. The molecule has 86 valence electrons. The van der Waals surface area contributed by atoms with E-state index in [1.165, 1.54) is 19.2 Å². The van der Waals surface area contributed by atoms with E-state index in [1.54, 1.807) is 6.07 Å². The lowest BCUT2D eigenvalue weighted by molar-refractivity contribution is -0.385. The quantitative estimate of drug-likeness (QED) is 0.607. The summed E-state index contributed by atoms with van der Waals surface area (Å²) in [4.78, 5) is 20.5. The summed E-state index contributed by atoms with van der Waals surface area (Å²) < 4.78 is 4.83. The van der Waals surface area contributed by atoms with Gasteiger partial charge in [0, 0.05) is 12.5 Å². The fraction of sp³-hybridized carbons (Fsp3) is 0.300. The van der Waals surface area contributed by atoms with Gasteiger partial charge in [-0.05, 0) is 18.1 Å². The van der Waals surface area contributed by atoms with Gasteiger partial charge in [0.05, 0.1) is 12.0 Å². The van der Waals surface area contributed by atoms with Gasteiger partial charge in [0.15, 0.2) is 5.75 Å². The molecule has 0 radical (unpaired) electrons. The molecule has 1 aromatic carbocycles. The molecule has 0 amide bonds. The standard InChI is InChI=1S/C10H11NO5/c1-16-9-4-2-7(3-5-10(12)13)6-8(9)11(14)15/h2,4,6H,3,5H2,1H3,(H,12,13). The first-order valence-electron chi connectivity index (χ1n) is 4.57. The number of nitro groups is 1. The van der Waals surface area contributed by atoms with Crippen LogP contribution in [0.4, 0.5) is 5.69 Å². The number of ether oxygens (including phenoxy) is 1. The Labute approximate surface area is 91.6 Å². The van der Waals surface area contributed by atoms with Crippen molar-refractivity contribution in [3.8, 4) is 5.75 Å². The maximum atomic E-state index is 10.7. The SMILES string of the molecule is COc1ccc(CCC(=O)O)cc1[N+](=O)[O-]. The lowest BCUT2D eigenvalue weighted by atomic mass is 10.1. The number of rotatable bonds is 5. The third-order valence-electron chi connectivity index (χ3n) is 2.07. The Bertz CT molecular complexity index is 416. The van der Waals surface area contributed by atoms with Gasteiger partial charge in [0.2, 0.25) is 0 Å². The number of carboxylic acids is 1. The maximum absolute atomic E-state index is 10.7. The van der Waals surface area contributed by atoms with Gasteiger partial charge in [0.1, 0.15) is 0 Å². The molecular formula is C10H11NO5. The number of carboxylic acid groups (broad SMARTS) is 1. The molecule has 6 heteroatoms. The minimum absolute atomic E-state index is 0.0521. The number of methoxy groups -OCH3 is 1. The zero-order valence-corrected chi connectivity index (χ0v) is 8.67. The van der Waals surface area contributed by atoms with Crippen molar-refractivity contribution in [1.29, 1.82) is 0 Å². The Hall–Kier alpha value is -2.11. The highest BCUT2D eigenvalue weighted by Crippen LogP contribution is 2.27. The summed E-state index contributed by atoms with van der Waals surface area (Å²) in [5.41, 5.74) is 0.459. The van der Waals surface area contributed by atoms with Crippen LogP contribution in [0.2, 0.25) is 0 Å². The van der Waals surface area contributed by atoms with Gasteiger partial charge in [-0.25, -0.2) is 0 Å². The van der Waals surface area contributed by atoms with E-state index in [0.29, 0.717) is 5.56 Å². The molecule has 16 heavy (non-hydrogen) atoms. The van der Waals surface area contributed by atoms with Crippen molar-refractivity contribution < 1.29 is 19.6 Å². The van der Waals surface area contributed by atoms with Crippen molar-refractivity contribution >= 4 is 11.7 Å². The van der Waals surface area contributed by atoms with E-state index in [4.69, 9.17) is 9.84 Å². The molecule has 0 aliphatic rings. The minimum atomic E-state index is -0.932. The van der Waals surface area contributed by atoms with Crippen LogP contribution in [0.3, 0.4) is 0 Å². The van der Waals surface area contributed by atoms with Crippen LogP contribution in [-0.4, -0.2) is 23.1 Å². The van der Waals surface area contributed by atoms with Crippen molar-refractivity contribution in [2.24, 2.45) is 0 Å². The van der Waals surface area contributed by atoms with Gasteiger partial charge in [-0.3, -0.25) is 14.9 Å². The molecule has 6 nitrogen and oxygen atoms in total. The first-order valence-corrected chi connectivity index (χ1v) is 4.57. The van der Waals surface area contributed by atoms with E-state index in [9.17, 15) is 14.9 Å². The summed E-state index contributed by atoms with van der Waals surface area (Å²) in [6, 6.07) is 4.42. The topological polar surface area (TPSA) is 89.7 Å². The fourth-order valence-electron chi connectivity index (χ4n) is 1.29. The Kier molecular flexibility index (Phi) is 3.82. The molecule has 1 N–H and O–H groups in total. The Morgan fingerprint density at radius 3 is 2.75 bits per heavy atom. The third-order valence-corrected chi connectivity index (χ3v) is 2.07. The summed E-state index contributed by atoms with van der Waals surface area (Å²) in [5, 5.41) is 19.2. The second-order valence-corrected chi connectivity index (χ2v) is 3.16. The van der Waals surface area contributed by atoms with Crippen LogP contribution >= 0.6 is 0 Å². The Morgan fingerprint density at radius 1 is 1.56 bits per heavy atom. The number of nitro benzene ring substituents is 1. The van der Waals surface area contributed by atoms with E-state index < -0.39 is 10.9 Å². The molecule has 0 atom stereocenters. The van der Waals surface area contributed by atoms with Crippen LogP contribution in [0.1, 0.15) is 12.0 Å². The van der Waals surface area contributed by atoms with Gasteiger partial charge in [0.25, 0.3) is 0 Å². The second kappa shape index (κ2) is 5.11. The summed E-state index contributed by atoms with van der Waals surface area (Å²) in [6.07, 6.45) is 0.212. The molecule has 1 rings (SSSR count). The molecule has 0 fully saturated rings. The molecule has 0 spiro atoms. The summed E-state index contributed by atoms with van der Waals surface area (Å²) in [7, 11) is 1.35. The van der Waals surface area contributed by atoms with Gasteiger partial charge >= 0.3 is 11.7 Å². The summed E-state index contributed by atoms with van der Waals surface area (Å²) in [5.74, 6) is -0.762. The van der Waals surface area contributed by atoms with Crippen LogP contribution in [0.25, 0.3) is 0 Å². The molecular weight excluding hydrogens is 214 g/mol. The minimum Gasteiger partial charge on any atom is -0.490 e. The van der Waals surface area contributed by atoms with E-state index in [2.05, 4.69) is 0 Å². The van der Waals surface area contributed by atoms with E-state index in [-0.39, 0.29) is 24.3 Å². The predicted octanol–water partition coefficient (Wildman–Crippen LogP) is 1.62. The van der Waals surface area contributed by atoms with Gasteiger partial charge in [-0.1, -0.05) is 6.07 Å². The van der Waals surface area contributed by atoms with Gasteiger partial charge in [-0.15, -0.1) is 0 Å². The number of carbonyl (C=O) groups is 1. The van der Waals surface area contributed by atoms with Crippen molar-refractivity contribution in [1.82, 2.24) is 0 Å². The molecule has 0 aliphatic carbocycles. The highest BCUT2D eigenvalue weighted by Gasteiger charge is 2.15. The average molecular weight is 225 g/mol. The monoisotopic (exact) mass is 225 g/mol. The van der Waals surface area contributed by atoms with Crippen LogP contribution in [0.5, 0.6) is 5.75 Å². The molecule has 0 aromatic heterocycles. The summed E-state index contributed by atoms with van der Waals surface area (Å²) >= 11 is 0. The molecule has 0 saturated carbocycles. The Balaban J connectivity index is 2.93. The molecule has 0 unspecified atom stereocenters. The largest absolute Gasteiger partial charge is 0.490 e. The number of aliphatic carboxylic acids is 1. The van der Waals surface area contributed by atoms with Crippen molar-refractivity contribution in [2.75, 3.05) is 7.11 Å². The van der Waals surface area contributed by atoms with Crippen LogP contribution in [0.15, 0.2) is 18.2 Å². The van der Waals surface area contributed by atoms with E-state index >= 15 is 0 Å². The number of hydrogen-bond donors (Lipinski definition) is 1. The van der Waals surface area contributed by atoms with E-state index in [0.717, 1.165) is 0 Å². The van der Waals surface area contributed by atoms with Crippen molar-refractivity contribution in [2.45, 2.75) is 12.8 Å². The highest BCUT2D eigenvalue weighted by atomic mass is 16.6. The Morgan fingerprint density at radius 2 is 2.25 bits per heavy atom. The first kappa shape index (κ1) is 12.0. The number of hydrogen-bond acceptors (Lipinski definition) is 4. The van der Waals surface area contributed by atoms with Gasteiger partial charge < -0.3 is 9.84 Å². The van der Waals surface area contributed by atoms with Crippen molar-refractivity contribution in [3.63, 3.8) is 0 Å². The molecule has 1 aromatic rings. The average Bonchev–Trinajstić information content (AvgIpc) is 2.25. The van der Waals surface area contributed by atoms with Gasteiger partial charge in [-0.2, -0.15) is 0 Å². The third kappa shape index (κ3) is 2.94. The molecule has 0 saturated heterocycles. The molecule has 0 aliphatic heterocycles. The lowest BCUT2D eigenvalue weighted by Crippen LogP contribution is -1.99. The summed E-state index contributed by atoms with van der Waals surface area (Å²) in [6.45, 7) is 0. The smallest absolute Gasteiger partial charge is 0.311 e. The first-order chi connectivity index (χ1) is 7.54. The molecule has 0 heterocycles. The van der Waals surface area contributed by atoms with E-state index in [1.807, 2.05) is 0 Å². The second-order valence-electron chi connectivity index (χ2n) is 3.16. The number of benzene rings is 1. The predicted molar refractivity (Wildman–Crippen MR) is 55.6 cm³/mol. The zero-order chi connectivity index (χ0) is 12.1. The maximum Gasteiger partial charge on any atom is 0.311 e. The highest BCUT2D eigenvalue weighted by molar-refractivity contribution is 5.67. The number of aryl methyl sites for hydroxylation is 1. The lowest BCUT2D eigenvalue weighted by Gasteiger charge is -2.03.